The molecule has 0 aromatic carbocycles. The Kier molecular flexibility index (Phi) is 4.86. The summed E-state index contributed by atoms with van der Waals surface area (Å²) in [6.07, 6.45) is 4.47. The molecule has 0 N–H and O–H groups in total. The van der Waals surface area contributed by atoms with Crippen molar-refractivity contribution in [2.45, 2.75) is 25.9 Å². The Morgan fingerprint density at radius 3 is 2.55 bits per heavy atom. The largest absolute Gasteiger partial charge is 0.460 e. The van der Waals surface area contributed by atoms with Gasteiger partial charge < -0.3 is 14.4 Å². The third kappa shape index (κ3) is 3.66. The second-order valence-corrected chi connectivity index (χ2v) is 4.36. The Bertz CT molecular complexity index is 458. The van der Waals surface area contributed by atoms with E-state index in [4.69, 9.17) is 9.47 Å². The highest BCUT2D eigenvalue weighted by Gasteiger charge is 2.28. The van der Waals surface area contributed by atoms with Gasteiger partial charge in [-0.05, 0) is 13.0 Å². The summed E-state index contributed by atoms with van der Waals surface area (Å²) in [5.74, 6) is -1.38. The van der Waals surface area contributed by atoms with E-state index in [0.717, 1.165) is 0 Å². The number of nitrogens with zero attached hydrogens (tertiary/aromatic N) is 3. The fraction of sp³-hybridized carbons (Fsp3) is 0.538. The monoisotopic (exact) mass is 279 g/mol. The minimum atomic E-state index is -0.793. The Hall–Kier alpha value is -2.18. The Labute approximate surface area is 116 Å². The van der Waals surface area contributed by atoms with Crippen molar-refractivity contribution in [1.82, 2.24) is 14.9 Å². The standard InChI is InChI=1S/C13H17N3O4/c1-2-19-12(18)11(17)16-8-4-10(5-9-16)20-13-14-6-3-7-15-13/h3,6-7,10H,2,4-5,8-9H2,1H3. The molecule has 1 aromatic heterocycles. The number of carbonyl (C=O) groups excluding carboxylic acids is 2. The highest BCUT2D eigenvalue weighted by molar-refractivity contribution is 6.32. The molecule has 1 saturated heterocycles. The Balaban J connectivity index is 1.80. The molecule has 0 radical (unpaired) electrons. The lowest BCUT2D eigenvalue weighted by atomic mass is 10.1. The molecule has 0 unspecified atom stereocenters. The first-order chi connectivity index (χ1) is 9.70. The molecular weight excluding hydrogens is 262 g/mol. The van der Waals surface area contributed by atoms with Crippen molar-refractivity contribution in [2.75, 3.05) is 19.7 Å². The van der Waals surface area contributed by atoms with E-state index in [1.165, 1.54) is 4.90 Å². The summed E-state index contributed by atoms with van der Waals surface area (Å²) < 4.78 is 10.3. The zero-order valence-electron chi connectivity index (χ0n) is 11.3. The molecule has 108 valence electrons. The number of ether oxygens (including phenoxy) is 2. The number of rotatable bonds is 3. The van der Waals surface area contributed by atoms with Crippen molar-refractivity contribution in [1.29, 1.82) is 0 Å². The molecule has 1 aliphatic rings. The van der Waals surface area contributed by atoms with E-state index >= 15 is 0 Å². The number of hydrogen-bond donors (Lipinski definition) is 0. The predicted octanol–water partition coefficient (Wildman–Crippen LogP) is 0.409. The number of esters is 1. The smallest absolute Gasteiger partial charge is 0.397 e. The molecule has 0 saturated carbocycles. The number of aromatic nitrogens is 2. The Morgan fingerprint density at radius 1 is 1.30 bits per heavy atom. The lowest BCUT2D eigenvalue weighted by Crippen LogP contribution is -2.45. The van der Waals surface area contributed by atoms with Crippen LogP contribution in [0.25, 0.3) is 0 Å². The van der Waals surface area contributed by atoms with E-state index in [1.807, 2.05) is 0 Å². The second kappa shape index (κ2) is 6.83. The second-order valence-electron chi connectivity index (χ2n) is 4.36. The SMILES string of the molecule is CCOC(=O)C(=O)N1CCC(Oc2ncccn2)CC1. The summed E-state index contributed by atoms with van der Waals surface area (Å²) in [6, 6.07) is 2.05. The van der Waals surface area contributed by atoms with Crippen LogP contribution in [-0.2, 0) is 14.3 Å². The van der Waals surface area contributed by atoms with Crippen molar-refractivity contribution in [2.24, 2.45) is 0 Å². The molecule has 1 fully saturated rings. The average molecular weight is 279 g/mol. The first-order valence-electron chi connectivity index (χ1n) is 6.60. The van der Waals surface area contributed by atoms with Gasteiger partial charge in [-0.1, -0.05) is 0 Å². The maximum atomic E-state index is 11.7. The van der Waals surface area contributed by atoms with E-state index < -0.39 is 11.9 Å². The molecule has 20 heavy (non-hydrogen) atoms. The van der Waals surface area contributed by atoms with Gasteiger partial charge in [0, 0.05) is 38.3 Å². The van der Waals surface area contributed by atoms with Crippen molar-refractivity contribution < 1.29 is 19.1 Å². The van der Waals surface area contributed by atoms with Crippen molar-refractivity contribution in [3.05, 3.63) is 18.5 Å². The zero-order chi connectivity index (χ0) is 14.4. The molecule has 2 heterocycles. The fourth-order valence-electron chi connectivity index (χ4n) is 1.99. The van der Waals surface area contributed by atoms with Crippen LogP contribution in [0.5, 0.6) is 6.01 Å². The summed E-state index contributed by atoms with van der Waals surface area (Å²) in [5.41, 5.74) is 0. The van der Waals surface area contributed by atoms with Crippen LogP contribution in [0.3, 0.4) is 0 Å². The molecule has 0 atom stereocenters. The maximum Gasteiger partial charge on any atom is 0.397 e. The normalized spacial score (nSPS) is 15.8. The molecule has 0 spiro atoms. The lowest BCUT2D eigenvalue weighted by Gasteiger charge is -2.30. The van der Waals surface area contributed by atoms with Gasteiger partial charge in [-0.2, -0.15) is 0 Å². The van der Waals surface area contributed by atoms with Crippen molar-refractivity contribution >= 4 is 11.9 Å². The fourth-order valence-corrected chi connectivity index (χ4v) is 1.99. The third-order valence-electron chi connectivity index (χ3n) is 2.99. The quantitative estimate of drug-likeness (QED) is 0.589. The molecule has 7 heteroatoms. The van der Waals surface area contributed by atoms with Gasteiger partial charge in [0.1, 0.15) is 6.10 Å². The minimum absolute atomic E-state index is 0.0383. The van der Waals surface area contributed by atoms with Crippen LogP contribution in [0, 0.1) is 0 Å². The van der Waals surface area contributed by atoms with E-state index in [2.05, 4.69) is 9.97 Å². The van der Waals surface area contributed by atoms with Crippen molar-refractivity contribution in [3.8, 4) is 6.01 Å². The summed E-state index contributed by atoms with van der Waals surface area (Å²) in [4.78, 5) is 32.6. The molecule has 1 aliphatic heterocycles. The topological polar surface area (TPSA) is 81.6 Å². The van der Waals surface area contributed by atoms with Crippen LogP contribution in [0.4, 0.5) is 0 Å². The minimum Gasteiger partial charge on any atom is -0.460 e. The van der Waals surface area contributed by atoms with Gasteiger partial charge in [-0.3, -0.25) is 4.79 Å². The number of likely N-dealkylation sites (tertiary alicyclic amines) is 1. The first kappa shape index (κ1) is 14.2. The highest BCUT2D eigenvalue weighted by atomic mass is 16.5. The summed E-state index contributed by atoms with van der Waals surface area (Å²) in [7, 11) is 0. The van der Waals surface area contributed by atoms with Crippen molar-refractivity contribution in [3.63, 3.8) is 0 Å². The third-order valence-corrected chi connectivity index (χ3v) is 2.99. The Morgan fingerprint density at radius 2 is 1.95 bits per heavy atom. The van der Waals surface area contributed by atoms with Gasteiger partial charge in [0.25, 0.3) is 0 Å². The lowest BCUT2D eigenvalue weighted by molar-refractivity contribution is -0.160. The van der Waals surface area contributed by atoms with Gasteiger partial charge in [-0.25, -0.2) is 14.8 Å². The number of hydrogen-bond acceptors (Lipinski definition) is 6. The van der Waals surface area contributed by atoms with Gasteiger partial charge in [0.2, 0.25) is 0 Å². The zero-order valence-corrected chi connectivity index (χ0v) is 11.3. The number of piperidine rings is 1. The molecule has 0 bridgehead atoms. The highest BCUT2D eigenvalue weighted by Crippen LogP contribution is 2.15. The molecule has 7 nitrogen and oxygen atoms in total. The average Bonchev–Trinajstić information content (AvgIpc) is 2.48. The van der Waals surface area contributed by atoms with Crippen LogP contribution in [0.2, 0.25) is 0 Å². The molecule has 2 rings (SSSR count). The predicted molar refractivity (Wildman–Crippen MR) is 68.9 cm³/mol. The van der Waals surface area contributed by atoms with Crippen LogP contribution in [0.1, 0.15) is 19.8 Å². The summed E-state index contributed by atoms with van der Waals surface area (Å²) in [5, 5.41) is 0. The summed E-state index contributed by atoms with van der Waals surface area (Å²) >= 11 is 0. The van der Waals surface area contributed by atoms with Gasteiger partial charge in [0.05, 0.1) is 6.61 Å². The summed E-state index contributed by atoms with van der Waals surface area (Å²) in [6.45, 7) is 2.81. The number of carbonyl (C=O) groups is 2. The molecule has 0 aliphatic carbocycles. The van der Waals surface area contributed by atoms with Gasteiger partial charge in [0.15, 0.2) is 0 Å². The van der Waals surface area contributed by atoms with Gasteiger partial charge in [-0.15, -0.1) is 0 Å². The maximum absolute atomic E-state index is 11.7. The van der Waals surface area contributed by atoms with E-state index in [9.17, 15) is 9.59 Å². The number of amides is 1. The van der Waals surface area contributed by atoms with Crippen LogP contribution in [-0.4, -0.2) is 52.5 Å². The van der Waals surface area contributed by atoms with Gasteiger partial charge >= 0.3 is 17.9 Å². The van der Waals surface area contributed by atoms with E-state index in [1.54, 1.807) is 25.4 Å². The molecular formula is C13H17N3O4. The van der Waals surface area contributed by atoms with Crippen LogP contribution in [0.15, 0.2) is 18.5 Å². The van der Waals surface area contributed by atoms with E-state index in [-0.39, 0.29) is 12.7 Å². The van der Waals surface area contributed by atoms with Crippen LogP contribution >= 0.6 is 0 Å². The molecule has 1 aromatic rings. The first-order valence-corrected chi connectivity index (χ1v) is 6.60. The molecule has 1 amide bonds. The van der Waals surface area contributed by atoms with Crippen LogP contribution < -0.4 is 4.74 Å². The van der Waals surface area contributed by atoms with E-state index in [0.29, 0.717) is 31.9 Å².